The van der Waals surface area contributed by atoms with Gasteiger partial charge in [-0.15, -0.1) is 0 Å². The van der Waals surface area contributed by atoms with Crippen LogP contribution in [0.3, 0.4) is 0 Å². The van der Waals surface area contributed by atoms with Crippen molar-refractivity contribution < 1.29 is 9.18 Å². The maximum absolute atomic E-state index is 13.7. The van der Waals surface area contributed by atoms with E-state index in [0.717, 1.165) is 37.7 Å². The van der Waals surface area contributed by atoms with Gasteiger partial charge in [0.2, 0.25) is 0 Å². The number of aryl methyl sites for hydroxylation is 1. The van der Waals surface area contributed by atoms with Crippen molar-refractivity contribution in [3.8, 4) is 0 Å². The van der Waals surface area contributed by atoms with E-state index in [2.05, 4.69) is 25.1 Å². The smallest absolute Gasteiger partial charge is 0.255 e. The number of hydrogen-bond acceptors (Lipinski definition) is 5. The van der Waals surface area contributed by atoms with Gasteiger partial charge in [0.05, 0.1) is 0 Å². The molecule has 6 nitrogen and oxygen atoms in total. The molecule has 0 radical (unpaired) electrons. The fourth-order valence-corrected chi connectivity index (χ4v) is 3.36. The van der Waals surface area contributed by atoms with Crippen molar-refractivity contribution in [1.82, 2.24) is 9.97 Å². The monoisotopic (exact) mass is 391 g/mol. The van der Waals surface area contributed by atoms with Gasteiger partial charge in [0, 0.05) is 61.7 Å². The summed E-state index contributed by atoms with van der Waals surface area (Å²) < 4.78 is 13.7. The van der Waals surface area contributed by atoms with Gasteiger partial charge in [0.1, 0.15) is 11.6 Å². The molecule has 1 amide bonds. The molecule has 3 aromatic rings. The van der Waals surface area contributed by atoms with Gasteiger partial charge in [-0.25, -0.2) is 9.37 Å². The van der Waals surface area contributed by atoms with Crippen LogP contribution in [0.4, 0.5) is 21.6 Å². The number of amides is 1. The van der Waals surface area contributed by atoms with Crippen LogP contribution < -0.4 is 15.1 Å². The molecule has 148 valence electrons. The lowest BCUT2D eigenvalue weighted by molar-refractivity contribution is 0.102. The number of nitrogens with zero attached hydrogens (tertiary/aromatic N) is 4. The Morgan fingerprint density at radius 3 is 2.41 bits per heavy atom. The minimum Gasteiger partial charge on any atom is -0.368 e. The second-order valence-electron chi connectivity index (χ2n) is 7.00. The molecule has 1 saturated heterocycles. The first-order chi connectivity index (χ1) is 14.1. The quantitative estimate of drug-likeness (QED) is 0.738. The van der Waals surface area contributed by atoms with Gasteiger partial charge in [-0.3, -0.25) is 9.78 Å². The van der Waals surface area contributed by atoms with E-state index in [0.29, 0.717) is 16.8 Å². The summed E-state index contributed by atoms with van der Waals surface area (Å²) in [5, 5.41) is 2.75. The van der Waals surface area contributed by atoms with Crippen molar-refractivity contribution in [3.63, 3.8) is 0 Å². The summed E-state index contributed by atoms with van der Waals surface area (Å²) in [6.45, 7) is 5.03. The van der Waals surface area contributed by atoms with Gasteiger partial charge >= 0.3 is 0 Å². The van der Waals surface area contributed by atoms with Crippen molar-refractivity contribution in [2.45, 2.75) is 6.92 Å². The third-order valence-electron chi connectivity index (χ3n) is 5.07. The zero-order chi connectivity index (χ0) is 20.2. The maximum Gasteiger partial charge on any atom is 0.255 e. The molecule has 4 rings (SSSR count). The molecule has 1 fully saturated rings. The first-order valence-corrected chi connectivity index (χ1v) is 9.53. The van der Waals surface area contributed by atoms with Crippen LogP contribution in [0.25, 0.3) is 0 Å². The molecule has 0 aliphatic carbocycles. The standard InChI is InChI=1S/C22H22FN5O/c1-16-2-3-18(15-20(16)23)26-22(29)17-4-9-25-21(14-17)28-12-10-27(11-13-28)19-5-7-24-8-6-19/h2-9,14-15H,10-13H2,1H3,(H,26,29). The van der Waals surface area contributed by atoms with Gasteiger partial charge in [-0.05, 0) is 48.9 Å². The van der Waals surface area contributed by atoms with Crippen molar-refractivity contribution in [2.24, 2.45) is 0 Å². The lowest BCUT2D eigenvalue weighted by atomic mass is 10.2. The largest absolute Gasteiger partial charge is 0.368 e. The van der Waals surface area contributed by atoms with E-state index < -0.39 is 0 Å². The third-order valence-corrected chi connectivity index (χ3v) is 5.07. The number of anilines is 3. The molecule has 0 saturated carbocycles. The Kier molecular flexibility index (Phi) is 5.37. The van der Waals surface area contributed by atoms with Crippen molar-refractivity contribution >= 4 is 23.1 Å². The Balaban J connectivity index is 1.42. The van der Waals surface area contributed by atoms with Gasteiger partial charge in [-0.2, -0.15) is 0 Å². The van der Waals surface area contributed by atoms with E-state index in [4.69, 9.17) is 0 Å². The lowest BCUT2D eigenvalue weighted by Crippen LogP contribution is -2.46. The Bertz CT molecular complexity index is 1000. The Hall–Kier alpha value is -3.48. The molecule has 0 unspecified atom stereocenters. The summed E-state index contributed by atoms with van der Waals surface area (Å²) in [7, 11) is 0. The number of carbonyl (C=O) groups excluding carboxylic acids is 1. The van der Waals surface area contributed by atoms with E-state index >= 15 is 0 Å². The first kappa shape index (κ1) is 18.9. The van der Waals surface area contributed by atoms with Crippen LogP contribution in [-0.2, 0) is 0 Å². The van der Waals surface area contributed by atoms with Crippen LogP contribution >= 0.6 is 0 Å². The van der Waals surface area contributed by atoms with Crippen LogP contribution in [0, 0.1) is 12.7 Å². The molecule has 29 heavy (non-hydrogen) atoms. The Labute approximate surface area is 169 Å². The number of hydrogen-bond donors (Lipinski definition) is 1. The molecule has 2 aromatic heterocycles. The van der Waals surface area contributed by atoms with Crippen LogP contribution in [0.15, 0.2) is 61.1 Å². The summed E-state index contributed by atoms with van der Waals surface area (Å²) >= 11 is 0. The number of halogens is 1. The zero-order valence-electron chi connectivity index (χ0n) is 16.2. The second kappa shape index (κ2) is 8.26. The topological polar surface area (TPSA) is 61.4 Å². The normalized spacial score (nSPS) is 14.0. The number of aromatic nitrogens is 2. The molecule has 1 aromatic carbocycles. The predicted molar refractivity (Wildman–Crippen MR) is 112 cm³/mol. The fourth-order valence-electron chi connectivity index (χ4n) is 3.36. The van der Waals surface area contributed by atoms with E-state index in [9.17, 15) is 9.18 Å². The first-order valence-electron chi connectivity index (χ1n) is 9.53. The summed E-state index contributed by atoms with van der Waals surface area (Å²) in [4.78, 5) is 25.6. The van der Waals surface area contributed by atoms with Gasteiger partial charge in [0.25, 0.3) is 5.91 Å². The molecule has 7 heteroatoms. The number of carbonyl (C=O) groups is 1. The minimum absolute atomic E-state index is 0.285. The fraction of sp³-hybridized carbons (Fsp3) is 0.227. The number of benzene rings is 1. The van der Waals surface area contributed by atoms with E-state index in [1.54, 1.807) is 49.8 Å². The SMILES string of the molecule is Cc1ccc(NC(=O)c2ccnc(N3CCN(c4ccncc4)CC3)c2)cc1F. The molecule has 0 atom stereocenters. The average Bonchev–Trinajstić information content (AvgIpc) is 2.77. The van der Waals surface area contributed by atoms with Gasteiger partial charge in [0.15, 0.2) is 0 Å². The van der Waals surface area contributed by atoms with Gasteiger partial charge < -0.3 is 15.1 Å². The Morgan fingerprint density at radius 2 is 1.69 bits per heavy atom. The number of pyridine rings is 2. The molecule has 0 bridgehead atoms. The molecule has 0 spiro atoms. The minimum atomic E-state index is -0.342. The third kappa shape index (κ3) is 4.34. The van der Waals surface area contributed by atoms with Crippen molar-refractivity contribution in [1.29, 1.82) is 0 Å². The summed E-state index contributed by atoms with van der Waals surface area (Å²) in [6.07, 6.45) is 5.23. The molecule has 3 heterocycles. The number of piperazine rings is 1. The molecule has 1 aliphatic rings. The predicted octanol–water partition coefficient (Wildman–Crippen LogP) is 3.50. The van der Waals surface area contributed by atoms with Crippen LogP contribution in [0.5, 0.6) is 0 Å². The summed E-state index contributed by atoms with van der Waals surface area (Å²) in [5.74, 6) is 0.139. The molecule has 1 N–H and O–H groups in total. The highest BCUT2D eigenvalue weighted by Gasteiger charge is 2.19. The van der Waals surface area contributed by atoms with E-state index in [1.165, 1.54) is 6.07 Å². The average molecular weight is 391 g/mol. The molecular weight excluding hydrogens is 369 g/mol. The number of rotatable bonds is 4. The molecular formula is C22H22FN5O. The van der Waals surface area contributed by atoms with Crippen molar-refractivity contribution in [3.05, 3.63) is 78.0 Å². The maximum atomic E-state index is 13.7. The highest BCUT2D eigenvalue weighted by Crippen LogP contribution is 2.20. The highest BCUT2D eigenvalue weighted by molar-refractivity contribution is 6.04. The zero-order valence-corrected chi connectivity index (χ0v) is 16.2. The van der Waals surface area contributed by atoms with Crippen LogP contribution in [-0.4, -0.2) is 42.1 Å². The lowest BCUT2D eigenvalue weighted by Gasteiger charge is -2.36. The van der Waals surface area contributed by atoms with Gasteiger partial charge in [-0.1, -0.05) is 6.07 Å². The van der Waals surface area contributed by atoms with Crippen molar-refractivity contribution in [2.75, 3.05) is 41.3 Å². The number of nitrogens with one attached hydrogen (secondary N) is 1. The van der Waals surface area contributed by atoms with E-state index in [1.807, 2.05) is 12.1 Å². The second-order valence-corrected chi connectivity index (χ2v) is 7.00. The Morgan fingerprint density at radius 1 is 0.966 bits per heavy atom. The summed E-state index contributed by atoms with van der Waals surface area (Å²) in [6, 6.07) is 12.1. The summed E-state index contributed by atoms with van der Waals surface area (Å²) in [5.41, 5.74) is 2.63. The molecule has 1 aliphatic heterocycles. The van der Waals surface area contributed by atoms with E-state index in [-0.39, 0.29) is 11.7 Å². The van der Waals surface area contributed by atoms with Crippen LogP contribution in [0.1, 0.15) is 15.9 Å². The highest BCUT2D eigenvalue weighted by atomic mass is 19.1. The van der Waals surface area contributed by atoms with Crippen LogP contribution in [0.2, 0.25) is 0 Å².